The third kappa shape index (κ3) is 13.1. The van der Waals surface area contributed by atoms with Gasteiger partial charge in [-0.25, -0.2) is 0 Å². The molecule has 0 aromatic carbocycles. The Morgan fingerprint density at radius 2 is 1.25 bits per heavy atom. The van der Waals surface area contributed by atoms with Crippen molar-refractivity contribution >= 4 is 22.1 Å². The average Bonchev–Trinajstić information content (AvgIpc) is 2.49. The molecule has 0 rings (SSSR count). The molecule has 1 N–H and O–H groups in total. The van der Waals surface area contributed by atoms with Gasteiger partial charge in [0.05, 0.1) is 19.6 Å². The molecule has 0 amide bonds. The van der Waals surface area contributed by atoms with Crippen molar-refractivity contribution in [1.82, 2.24) is 0 Å². The van der Waals surface area contributed by atoms with E-state index < -0.39 is 33.7 Å². The molecule has 166 valence electrons. The van der Waals surface area contributed by atoms with E-state index in [2.05, 4.69) is 27.7 Å². The molecule has 0 fully saturated rings. The number of rotatable bonds is 14. The van der Waals surface area contributed by atoms with E-state index in [0.717, 1.165) is 12.8 Å². The van der Waals surface area contributed by atoms with Gasteiger partial charge in [-0.3, -0.25) is 14.1 Å². The molecule has 0 spiro atoms. The van der Waals surface area contributed by atoms with Gasteiger partial charge in [-0.15, -0.1) is 0 Å². The molecule has 7 nitrogen and oxygen atoms in total. The van der Waals surface area contributed by atoms with Crippen molar-refractivity contribution in [2.45, 2.75) is 78.9 Å². The minimum atomic E-state index is -4.76. The average molecular weight is 423 g/mol. The van der Waals surface area contributed by atoms with E-state index in [4.69, 9.17) is 9.47 Å². The summed E-state index contributed by atoms with van der Waals surface area (Å²) in [5.74, 6) is -0.242. The number of carbonyl (C=O) groups is 2. The molecular weight excluding hydrogens is 384 g/mol. The van der Waals surface area contributed by atoms with Crippen LogP contribution in [0.15, 0.2) is 0 Å². The first-order chi connectivity index (χ1) is 12.8. The third-order valence-corrected chi connectivity index (χ3v) is 5.53. The summed E-state index contributed by atoms with van der Waals surface area (Å²) in [6.07, 6.45) is 2.43. The SMILES string of the molecule is CC(C)CC(C)CCOC(=O)CC(C(=O)OCCC(C)CC(C)C)S(=O)(=O)O. The van der Waals surface area contributed by atoms with Gasteiger partial charge in [0.2, 0.25) is 0 Å². The van der Waals surface area contributed by atoms with Gasteiger partial charge in [0.25, 0.3) is 10.1 Å². The van der Waals surface area contributed by atoms with Gasteiger partial charge in [-0.2, -0.15) is 8.42 Å². The van der Waals surface area contributed by atoms with Crippen LogP contribution in [0, 0.1) is 23.7 Å². The number of esters is 2. The van der Waals surface area contributed by atoms with Crippen molar-refractivity contribution in [2.75, 3.05) is 13.2 Å². The van der Waals surface area contributed by atoms with Gasteiger partial charge in [0, 0.05) is 0 Å². The van der Waals surface area contributed by atoms with Crippen LogP contribution in [0.2, 0.25) is 0 Å². The van der Waals surface area contributed by atoms with Gasteiger partial charge in [-0.05, 0) is 49.4 Å². The molecule has 0 aliphatic carbocycles. The van der Waals surface area contributed by atoms with E-state index in [1.165, 1.54) is 0 Å². The lowest BCUT2D eigenvalue weighted by Crippen LogP contribution is -2.35. The van der Waals surface area contributed by atoms with Crippen LogP contribution in [0.5, 0.6) is 0 Å². The van der Waals surface area contributed by atoms with Crippen LogP contribution >= 0.6 is 0 Å². The molecule has 3 unspecified atom stereocenters. The molecule has 3 atom stereocenters. The topological polar surface area (TPSA) is 107 Å². The number of carbonyl (C=O) groups excluding carboxylic acids is 2. The molecule has 8 heteroatoms. The lowest BCUT2D eigenvalue weighted by atomic mass is 9.96. The van der Waals surface area contributed by atoms with Crippen LogP contribution < -0.4 is 0 Å². The molecule has 0 saturated carbocycles. The molecular formula is C20H38O7S. The zero-order valence-corrected chi connectivity index (χ0v) is 19.0. The maximum atomic E-state index is 12.1. The van der Waals surface area contributed by atoms with E-state index >= 15 is 0 Å². The van der Waals surface area contributed by atoms with Crippen LogP contribution in [0.1, 0.15) is 73.6 Å². The fourth-order valence-electron chi connectivity index (χ4n) is 3.19. The summed E-state index contributed by atoms with van der Waals surface area (Å²) in [6.45, 7) is 12.6. The Kier molecular flexibility index (Phi) is 12.6. The number of hydrogen-bond acceptors (Lipinski definition) is 6. The number of ether oxygens (including phenoxy) is 2. The Labute approximate surface area is 170 Å². The zero-order valence-electron chi connectivity index (χ0n) is 18.1. The monoisotopic (exact) mass is 422 g/mol. The van der Waals surface area contributed by atoms with Crippen LogP contribution in [0.25, 0.3) is 0 Å². The van der Waals surface area contributed by atoms with Crippen LogP contribution in [-0.4, -0.2) is 43.4 Å². The summed E-state index contributed by atoms with van der Waals surface area (Å²) < 4.78 is 42.3. The Balaban J connectivity index is 4.50. The van der Waals surface area contributed by atoms with Crippen molar-refractivity contribution in [2.24, 2.45) is 23.7 Å². The second-order valence-electron chi connectivity index (χ2n) is 8.64. The molecule has 0 bridgehead atoms. The van der Waals surface area contributed by atoms with Gasteiger partial charge < -0.3 is 9.47 Å². The van der Waals surface area contributed by atoms with Crippen molar-refractivity contribution in [1.29, 1.82) is 0 Å². The third-order valence-electron chi connectivity index (χ3n) is 4.45. The quantitative estimate of drug-likeness (QED) is 0.334. The first-order valence-electron chi connectivity index (χ1n) is 10.1. The summed E-state index contributed by atoms with van der Waals surface area (Å²) in [7, 11) is -4.76. The highest BCUT2D eigenvalue weighted by atomic mass is 32.2. The van der Waals surface area contributed by atoms with Gasteiger partial charge in [-0.1, -0.05) is 41.5 Å². The standard InChI is InChI=1S/C20H38O7S/c1-14(2)11-16(5)7-9-26-19(21)13-18(28(23,24)25)20(22)27-10-8-17(6)12-15(3)4/h14-18H,7-13H2,1-6H3,(H,23,24,25). The molecule has 0 aromatic heterocycles. The number of hydrogen-bond donors (Lipinski definition) is 1. The lowest BCUT2D eigenvalue weighted by molar-refractivity contribution is -0.150. The molecule has 0 aliphatic heterocycles. The highest BCUT2D eigenvalue weighted by Gasteiger charge is 2.35. The molecule has 28 heavy (non-hydrogen) atoms. The maximum absolute atomic E-state index is 12.1. The summed E-state index contributed by atoms with van der Waals surface area (Å²) in [5, 5.41) is -1.95. The Hall–Kier alpha value is -1.15. The predicted octanol–water partition coefficient (Wildman–Crippen LogP) is 3.86. The Morgan fingerprint density at radius 3 is 1.64 bits per heavy atom. The van der Waals surface area contributed by atoms with Crippen molar-refractivity contribution in [3.05, 3.63) is 0 Å². The second kappa shape index (κ2) is 13.1. The summed E-state index contributed by atoms with van der Waals surface area (Å²) in [6, 6.07) is 0. The van der Waals surface area contributed by atoms with Crippen molar-refractivity contribution < 1.29 is 32.0 Å². The van der Waals surface area contributed by atoms with Gasteiger partial charge in [0.1, 0.15) is 0 Å². The van der Waals surface area contributed by atoms with E-state index in [9.17, 15) is 22.6 Å². The fraction of sp³-hybridized carbons (Fsp3) is 0.900. The zero-order chi connectivity index (χ0) is 21.9. The summed E-state index contributed by atoms with van der Waals surface area (Å²) in [5.41, 5.74) is 0. The minimum absolute atomic E-state index is 0.0422. The second-order valence-corrected chi connectivity index (χ2v) is 10.2. The predicted molar refractivity (Wildman–Crippen MR) is 108 cm³/mol. The van der Waals surface area contributed by atoms with Crippen LogP contribution in [0.3, 0.4) is 0 Å². The molecule has 0 heterocycles. The van der Waals surface area contributed by atoms with E-state index in [0.29, 0.717) is 36.5 Å². The molecule has 0 aliphatic rings. The highest BCUT2D eigenvalue weighted by Crippen LogP contribution is 2.16. The smallest absolute Gasteiger partial charge is 0.327 e. The van der Waals surface area contributed by atoms with Gasteiger partial charge in [0.15, 0.2) is 5.25 Å². The molecule has 0 radical (unpaired) electrons. The minimum Gasteiger partial charge on any atom is -0.466 e. The summed E-state index contributed by atoms with van der Waals surface area (Å²) >= 11 is 0. The first-order valence-corrected chi connectivity index (χ1v) is 11.6. The Morgan fingerprint density at radius 1 is 0.821 bits per heavy atom. The van der Waals surface area contributed by atoms with Crippen molar-refractivity contribution in [3.8, 4) is 0 Å². The largest absolute Gasteiger partial charge is 0.466 e. The maximum Gasteiger partial charge on any atom is 0.327 e. The summed E-state index contributed by atoms with van der Waals surface area (Å²) in [4.78, 5) is 24.0. The highest BCUT2D eigenvalue weighted by molar-refractivity contribution is 7.87. The van der Waals surface area contributed by atoms with E-state index in [1.807, 2.05) is 13.8 Å². The molecule has 0 saturated heterocycles. The Bertz CT molecular complexity index is 569. The first kappa shape index (κ1) is 26.9. The van der Waals surface area contributed by atoms with Crippen LogP contribution in [-0.2, 0) is 29.2 Å². The van der Waals surface area contributed by atoms with Crippen LogP contribution in [0.4, 0.5) is 0 Å². The molecule has 0 aromatic rings. The van der Waals surface area contributed by atoms with Crippen molar-refractivity contribution in [3.63, 3.8) is 0 Å². The van der Waals surface area contributed by atoms with E-state index in [1.54, 1.807) is 0 Å². The fourth-order valence-corrected chi connectivity index (χ4v) is 3.85. The lowest BCUT2D eigenvalue weighted by Gasteiger charge is -2.16. The van der Waals surface area contributed by atoms with E-state index in [-0.39, 0.29) is 13.2 Å². The van der Waals surface area contributed by atoms with Gasteiger partial charge >= 0.3 is 11.9 Å². The normalized spacial score (nSPS) is 15.3.